The molecule has 1 aliphatic rings. The lowest BCUT2D eigenvalue weighted by Crippen LogP contribution is -3.05. The molecule has 4 heteroatoms. The predicted octanol–water partition coefficient (Wildman–Crippen LogP) is 0.604. The molecule has 0 aromatic heterocycles. The Morgan fingerprint density at radius 3 is 2.89 bits per heavy atom. The smallest absolute Gasteiger partial charge is 0.244 e. The number of quaternary nitrogens is 1. The van der Waals surface area contributed by atoms with Crippen LogP contribution in [0.2, 0.25) is 0 Å². The molecule has 0 fully saturated rings. The normalized spacial score (nSPS) is 17.2. The molecule has 1 aromatic carbocycles. The van der Waals surface area contributed by atoms with Crippen LogP contribution >= 0.6 is 0 Å². The van der Waals surface area contributed by atoms with Gasteiger partial charge in [0.1, 0.15) is 6.20 Å². The molecule has 0 radical (unpaired) electrons. The van der Waals surface area contributed by atoms with Gasteiger partial charge < -0.3 is 5.32 Å². The number of nitrogens with one attached hydrogen (secondary N) is 2. The number of rotatable bonds is 6. The maximum absolute atomic E-state index is 11.6. The molecule has 2 N–H and O–H groups in total. The zero-order valence-electron chi connectivity index (χ0n) is 10.8. The van der Waals surface area contributed by atoms with Gasteiger partial charge in [0.2, 0.25) is 5.91 Å². The molecular weight excluding hydrogens is 238 g/mol. The molecule has 2 rings (SSSR count). The van der Waals surface area contributed by atoms with Gasteiger partial charge in [-0.25, -0.2) is 4.99 Å². The number of aliphatic imine (C=N–C) groups is 1. The molecule has 0 aliphatic carbocycles. The topological polar surface area (TPSA) is 45.9 Å². The van der Waals surface area contributed by atoms with Crippen LogP contribution in [0.15, 0.2) is 53.8 Å². The van der Waals surface area contributed by atoms with Gasteiger partial charge in [-0.2, -0.15) is 0 Å². The first kappa shape index (κ1) is 13.2. The van der Waals surface area contributed by atoms with Gasteiger partial charge >= 0.3 is 0 Å². The molecule has 0 bridgehead atoms. The highest BCUT2D eigenvalue weighted by molar-refractivity contribution is 5.91. The lowest BCUT2D eigenvalue weighted by molar-refractivity contribution is -0.736. The van der Waals surface area contributed by atoms with Crippen LogP contribution in [-0.4, -0.2) is 25.3 Å². The Morgan fingerprint density at radius 1 is 1.32 bits per heavy atom. The molecule has 1 aliphatic heterocycles. The highest BCUT2D eigenvalue weighted by Crippen LogP contribution is 2.00. The largest absolute Gasteiger partial charge is 0.352 e. The Bertz CT molecular complexity index is 479. The van der Waals surface area contributed by atoms with E-state index in [2.05, 4.69) is 10.3 Å². The molecule has 1 heterocycles. The zero-order chi connectivity index (χ0) is 13.3. The molecule has 1 atom stereocenters. The van der Waals surface area contributed by atoms with E-state index in [1.807, 2.05) is 48.9 Å². The van der Waals surface area contributed by atoms with Crippen molar-refractivity contribution in [1.29, 1.82) is 0 Å². The summed E-state index contributed by atoms with van der Waals surface area (Å²) in [6, 6.07) is 9.78. The summed E-state index contributed by atoms with van der Waals surface area (Å²) in [7, 11) is 0. The van der Waals surface area contributed by atoms with Crippen LogP contribution in [0.4, 0.5) is 0 Å². The standard InChI is InChI=1S/C15H17N3O/c19-15(8-7-14-5-2-1-3-6-14)17-9-4-11-18-12-10-16-13-18/h1-3,5-8,10,12-13H,4,9,11H2,(H,17,19)/p+1. The summed E-state index contributed by atoms with van der Waals surface area (Å²) >= 11 is 0. The average molecular weight is 256 g/mol. The predicted molar refractivity (Wildman–Crippen MR) is 76.6 cm³/mol. The number of nitrogens with zero attached hydrogens (tertiary/aromatic N) is 1. The number of benzene rings is 1. The first-order valence-electron chi connectivity index (χ1n) is 6.41. The van der Waals surface area contributed by atoms with Crippen LogP contribution in [0.3, 0.4) is 0 Å². The van der Waals surface area contributed by atoms with E-state index in [-0.39, 0.29) is 5.91 Å². The van der Waals surface area contributed by atoms with Gasteiger partial charge in [-0.05, 0) is 11.6 Å². The third-order valence-corrected chi connectivity index (χ3v) is 2.78. The lowest BCUT2D eigenvalue weighted by Gasteiger charge is -2.05. The molecule has 19 heavy (non-hydrogen) atoms. The molecule has 98 valence electrons. The van der Waals surface area contributed by atoms with E-state index in [4.69, 9.17) is 0 Å². The van der Waals surface area contributed by atoms with Crippen molar-refractivity contribution in [3.05, 3.63) is 54.4 Å². The molecule has 4 nitrogen and oxygen atoms in total. The number of hydrogen-bond acceptors (Lipinski definition) is 2. The first-order valence-corrected chi connectivity index (χ1v) is 6.41. The summed E-state index contributed by atoms with van der Waals surface area (Å²) in [6.45, 7) is 1.63. The number of carbonyl (C=O) groups excluding carboxylic acids is 1. The van der Waals surface area contributed by atoms with Crippen LogP contribution in [0.5, 0.6) is 0 Å². The molecule has 0 saturated carbocycles. The minimum Gasteiger partial charge on any atom is -0.352 e. The Morgan fingerprint density at radius 2 is 2.16 bits per heavy atom. The second-order valence-electron chi connectivity index (χ2n) is 4.31. The number of hydrogen-bond donors (Lipinski definition) is 2. The van der Waals surface area contributed by atoms with Crippen molar-refractivity contribution in [1.82, 2.24) is 5.32 Å². The van der Waals surface area contributed by atoms with E-state index in [1.54, 1.807) is 12.3 Å². The van der Waals surface area contributed by atoms with Gasteiger partial charge in [0.05, 0.1) is 12.7 Å². The summed E-state index contributed by atoms with van der Waals surface area (Å²) in [6.07, 6.45) is 9.96. The molecule has 0 spiro atoms. The number of carbonyl (C=O) groups is 1. The third-order valence-electron chi connectivity index (χ3n) is 2.78. The van der Waals surface area contributed by atoms with Crippen molar-refractivity contribution < 1.29 is 9.69 Å². The van der Waals surface area contributed by atoms with Crippen LogP contribution in [0.25, 0.3) is 6.08 Å². The van der Waals surface area contributed by atoms with Crippen LogP contribution in [0, 0.1) is 0 Å². The van der Waals surface area contributed by atoms with Crippen molar-refractivity contribution >= 4 is 18.3 Å². The minimum absolute atomic E-state index is 0.0514. The van der Waals surface area contributed by atoms with Gasteiger partial charge in [0.25, 0.3) is 0 Å². The molecule has 0 saturated heterocycles. The average Bonchev–Trinajstić information content (AvgIpc) is 2.96. The summed E-state index contributed by atoms with van der Waals surface area (Å²) < 4.78 is 0. The van der Waals surface area contributed by atoms with Crippen molar-refractivity contribution in [3.8, 4) is 0 Å². The van der Waals surface area contributed by atoms with E-state index in [0.29, 0.717) is 6.54 Å². The maximum atomic E-state index is 11.6. The Kier molecular flexibility index (Phi) is 5.07. The van der Waals surface area contributed by atoms with E-state index in [0.717, 1.165) is 18.5 Å². The second kappa shape index (κ2) is 7.28. The van der Waals surface area contributed by atoms with E-state index in [1.165, 1.54) is 4.90 Å². The van der Waals surface area contributed by atoms with Crippen LogP contribution < -0.4 is 10.2 Å². The molecule has 1 aromatic rings. The summed E-state index contributed by atoms with van der Waals surface area (Å²) in [5.41, 5.74) is 1.03. The summed E-state index contributed by atoms with van der Waals surface area (Å²) in [5, 5.41) is 2.87. The van der Waals surface area contributed by atoms with Crippen LogP contribution in [0.1, 0.15) is 12.0 Å². The van der Waals surface area contributed by atoms with Gasteiger partial charge in [-0.3, -0.25) is 9.69 Å². The zero-order valence-corrected chi connectivity index (χ0v) is 10.8. The SMILES string of the molecule is O=C(C=Cc1ccccc1)NCCC[NH+]1C=CN=C1. The monoisotopic (exact) mass is 256 g/mol. The second-order valence-corrected chi connectivity index (χ2v) is 4.31. The summed E-state index contributed by atoms with van der Waals surface area (Å²) in [4.78, 5) is 16.8. The fourth-order valence-electron chi connectivity index (χ4n) is 1.77. The minimum atomic E-state index is -0.0514. The number of amides is 1. The quantitative estimate of drug-likeness (QED) is 0.568. The van der Waals surface area contributed by atoms with E-state index in [9.17, 15) is 4.79 Å². The van der Waals surface area contributed by atoms with Gasteiger partial charge in [-0.15, -0.1) is 0 Å². The lowest BCUT2D eigenvalue weighted by atomic mass is 10.2. The Balaban J connectivity index is 1.63. The third kappa shape index (κ3) is 4.89. The highest BCUT2D eigenvalue weighted by Gasteiger charge is 2.04. The first-order chi connectivity index (χ1) is 9.34. The van der Waals surface area contributed by atoms with Crippen molar-refractivity contribution in [2.75, 3.05) is 13.1 Å². The maximum Gasteiger partial charge on any atom is 0.244 e. The van der Waals surface area contributed by atoms with Crippen LogP contribution in [-0.2, 0) is 4.79 Å². The van der Waals surface area contributed by atoms with Crippen molar-refractivity contribution in [2.45, 2.75) is 6.42 Å². The van der Waals surface area contributed by atoms with Crippen molar-refractivity contribution in [3.63, 3.8) is 0 Å². The molecule has 1 amide bonds. The fraction of sp³-hybridized carbons (Fsp3) is 0.200. The Hall–Kier alpha value is -2.20. The fourth-order valence-corrected chi connectivity index (χ4v) is 1.77. The van der Waals surface area contributed by atoms with Gasteiger partial charge in [0, 0.05) is 19.0 Å². The van der Waals surface area contributed by atoms with Gasteiger partial charge in [-0.1, -0.05) is 30.3 Å². The Labute approximate surface area is 113 Å². The summed E-state index contributed by atoms with van der Waals surface area (Å²) in [5.74, 6) is -0.0514. The van der Waals surface area contributed by atoms with E-state index < -0.39 is 0 Å². The van der Waals surface area contributed by atoms with E-state index >= 15 is 0 Å². The van der Waals surface area contributed by atoms with Crippen molar-refractivity contribution in [2.24, 2.45) is 4.99 Å². The highest BCUT2D eigenvalue weighted by atomic mass is 16.1. The molecular formula is C15H18N3O+. The molecule has 1 unspecified atom stereocenters. The van der Waals surface area contributed by atoms with Gasteiger partial charge in [0.15, 0.2) is 6.34 Å².